The summed E-state index contributed by atoms with van der Waals surface area (Å²) in [6.07, 6.45) is 3.16. The fourth-order valence-electron chi connectivity index (χ4n) is 2.05. The van der Waals surface area contributed by atoms with E-state index in [4.69, 9.17) is 10.5 Å². The first-order valence-corrected chi connectivity index (χ1v) is 7.54. The lowest BCUT2D eigenvalue weighted by Gasteiger charge is -2.09. The van der Waals surface area contributed by atoms with Gasteiger partial charge in [-0.1, -0.05) is 18.2 Å². The van der Waals surface area contributed by atoms with Gasteiger partial charge in [-0.3, -0.25) is 4.21 Å². The van der Waals surface area contributed by atoms with Crippen LogP contribution in [0.15, 0.2) is 24.3 Å². The number of rotatable bonds is 5. The Balaban J connectivity index is 1.77. The van der Waals surface area contributed by atoms with E-state index in [2.05, 4.69) is 0 Å². The smallest absolute Gasteiger partial charge is 0.0691 e. The Kier molecular flexibility index (Phi) is 4.57. The normalized spacial score (nSPS) is 21.5. The first-order valence-electron chi connectivity index (χ1n) is 6.05. The van der Waals surface area contributed by atoms with Gasteiger partial charge in [0, 0.05) is 34.6 Å². The Morgan fingerprint density at radius 1 is 1.41 bits per heavy atom. The van der Waals surface area contributed by atoms with Crippen molar-refractivity contribution < 1.29 is 8.95 Å². The molecule has 94 valence electrons. The van der Waals surface area contributed by atoms with E-state index in [1.54, 1.807) is 0 Å². The molecule has 1 fully saturated rings. The molecule has 1 saturated heterocycles. The van der Waals surface area contributed by atoms with E-state index in [9.17, 15) is 4.21 Å². The van der Waals surface area contributed by atoms with Gasteiger partial charge in [-0.2, -0.15) is 0 Å². The van der Waals surface area contributed by atoms with Crippen LogP contribution < -0.4 is 5.73 Å². The molecular formula is C13H19NO2S. The zero-order valence-electron chi connectivity index (χ0n) is 9.93. The van der Waals surface area contributed by atoms with Crippen molar-refractivity contribution in [2.75, 3.05) is 23.8 Å². The lowest BCUT2D eigenvalue weighted by Crippen LogP contribution is -2.18. The third kappa shape index (κ3) is 3.82. The van der Waals surface area contributed by atoms with Crippen molar-refractivity contribution >= 4 is 16.5 Å². The van der Waals surface area contributed by atoms with Crippen molar-refractivity contribution in [2.24, 2.45) is 0 Å². The number of hydrogen-bond donors (Lipinski definition) is 1. The maximum atomic E-state index is 11.9. The molecule has 0 aliphatic carbocycles. The van der Waals surface area contributed by atoms with Crippen molar-refractivity contribution in [3.8, 4) is 0 Å². The third-order valence-electron chi connectivity index (χ3n) is 3.05. The molecule has 2 N–H and O–H groups in total. The maximum absolute atomic E-state index is 11.9. The largest absolute Gasteiger partial charge is 0.399 e. The first-order chi connectivity index (χ1) is 8.25. The van der Waals surface area contributed by atoms with Gasteiger partial charge < -0.3 is 10.5 Å². The van der Waals surface area contributed by atoms with E-state index in [0.717, 1.165) is 37.1 Å². The molecule has 0 radical (unpaired) electrons. The van der Waals surface area contributed by atoms with Crippen LogP contribution >= 0.6 is 0 Å². The molecule has 1 aromatic carbocycles. The summed E-state index contributed by atoms with van der Waals surface area (Å²) in [6.45, 7) is 0.827. The molecule has 0 amide bonds. The van der Waals surface area contributed by atoms with E-state index in [-0.39, 0.29) is 6.10 Å². The molecule has 3 nitrogen and oxygen atoms in total. The van der Waals surface area contributed by atoms with Gasteiger partial charge in [-0.15, -0.1) is 0 Å². The second kappa shape index (κ2) is 6.17. The van der Waals surface area contributed by atoms with E-state index in [1.165, 1.54) is 0 Å². The van der Waals surface area contributed by atoms with Crippen LogP contribution in [0.3, 0.4) is 0 Å². The quantitative estimate of drug-likeness (QED) is 0.813. The second-order valence-corrected chi connectivity index (χ2v) is 6.02. The van der Waals surface area contributed by atoms with E-state index in [1.807, 2.05) is 24.3 Å². The Morgan fingerprint density at radius 3 is 2.94 bits per heavy atom. The fourth-order valence-corrected chi connectivity index (χ4v) is 3.34. The van der Waals surface area contributed by atoms with Gasteiger partial charge in [0.2, 0.25) is 0 Å². The van der Waals surface area contributed by atoms with Crippen LogP contribution in [0.2, 0.25) is 0 Å². The standard InChI is InChI=1S/C13H19NO2S/c14-13-6-2-1-4-11(13)7-9-17(15)10-12-5-3-8-16-12/h1-2,4,6,12H,3,5,7-10,14H2. The van der Waals surface area contributed by atoms with Gasteiger partial charge in [0.15, 0.2) is 0 Å². The molecular weight excluding hydrogens is 234 g/mol. The number of nitrogen functional groups attached to an aromatic ring is 1. The average Bonchev–Trinajstić information content (AvgIpc) is 2.81. The van der Waals surface area contributed by atoms with E-state index >= 15 is 0 Å². The molecule has 2 unspecified atom stereocenters. The fraction of sp³-hybridized carbons (Fsp3) is 0.538. The SMILES string of the molecule is Nc1ccccc1CCS(=O)CC1CCCO1. The molecule has 1 aliphatic rings. The van der Waals surface area contributed by atoms with Crippen molar-refractivity contribution in [1.29, 1.82) is 0 Å². The molecule has 2 rings (SSSR count). The van der Waals surface area contributed by atoms with Crippen molar-refractivity contribution in [1.82, 2.24) is 0 Å². The van der Waals surface area contributed by atoms with Crippen LogP contribution in [0, 0.1) is 0 Å². The third-order valence-corrected chi connectivity index (χ3v) is 4.45. The molecule has 1 aromatic rings. The second-order valence-electron chi connectivity index (χ2n) is 4.39. The predicted molar refractivity (Wildman–Crippen MR) is 71.4 cm³/mol. The zero-order valence-corrected chi connectivity index (χ0v) is 10.7. The monoisotopic (exact) mass is 253 g/mol. The van der Waals surface area contributed by atoms with Crippen LogP contribution in [-0.2, 0) is 22.0 Å². The molecule has 2 atom stereocenters. The molecule has 0 saturated carbocycles. The number of hydrogen-bond acceptors (Lipinski definition) is 3. The van der Waals surface area contributed by atoms with Crippen molar-refractivity contribution in [3.05, 3.63) is 29.8 Å². The first kappa shape index (κ1) is 12.6. The maximum Gasteiger partial charge on any atom is 0.0691 e. The number of aryl methyl sites for hydroxylation is 1. The molecule has 1 aliphatic heterocycles. The summed E-state index contributed by atoms with van der Waals surface area (Å²) in [5.41, 5.74) is 7.73. The Labute approximate surface area is 105 Å². The minimum Gasteiger partial charge on any atom is -0.399 e. The van der Waals surface area contributed by atoms with Crippen LogP contribution in [-0.4, -0.2) is 28.4 Å². The number of nitrogens with two attached hydrogens (primary N) is 1. The van der Waals surface area contributed by atoms with Crippen molar-refractivity contribution in [3.63, 3.8) is 0 Å². The Morgan fingerprint density at radius 2 is 2.24 bits per heavy atom. The molecule has 0 aromatic heterocycles. The van der Waals surface area contributed by atoms with E-state index < -0.39 is 10.8 Å². The average molecular weight is 253 g/mol. The Hall–Kier alpha value is -0.870. The minimum absolute atomic E-state index is 0.212. The van der Waals surface area contributed by atoms with Gasteiger partial charge >= 0.3 is 0 Å². The lowest BCUT2D eigenvalue weighted by atomic mass is 10.1. The van der Waals surface area contributed by atoms with Gasteiger partial charge in [-0.25, -0.2) is 0 Å². The topological polar surface area (TPSA) is 52.3 Å². The molecule has 4 heteroatoms. The van der Waals surface area contributed by atoms with Gasteiger partial charge in [-0.05, 0) is 30.9 Å². The van der Waals surface area contributed by atoms with Gasteiger partial charge in [0.25, 0.3) is 0 Å². The van der Waals surface area contributed by atoms with Crippen molar-refractivity contribution in [2.45, 2.75) is 25.4 Å². The van der Waals surface area contributed by atoms with Crippen LogP contribution in [0.25, 0.3) is 0 Å². The summed E-state index contributed by atoms with van der Waals surface area (Å²) in [4.78, 5) is 0. The number of ether oxygens (including phenoxy) is 1. The molecule has 1 heterocycles. The molecule has 17 heavy (non-hydrogen) atoms. The summed E-state index contributed by atoms with van der Waals surface area (Å²) < 4.78 is 17.4. The highest BCUT2D eigenvalue weighted by atomic mass is 32.2. The number of para-hydroxylation sites is 1. The van der Waals surface area contributed by atoms with Gasteiger partial charge in [0.05, 0.1) is 6.10 Å². The molecule has 0 bridgehead atoms. The minimum atomic E-state index is -0.799. The highest BCUT2D eigenvalue weighted by Crippen LogP contribution is 2.15. The highest BCUT2D eigenvalue weighted by Gasteiger charge is 2.18. The Bertz CT molecular complexity index is 389. The number of benzene rings is 1. The summed E-state index contributed by atoms with van der Waals surface area (Å²) >= 11 is 0. The van der Waals surface area contributed by atoms with Crippen LogP contribution in [0.4, 0.5) is 5.69 Å². The predicted octanol–water partition coefficient (Wildman–Crippen LogP) is 1.74. The molecule has 0 spiro atoms. The lowest BCUT2D eigenvalue weighted by molar-refractivity contribution is 0.128. The van der Waals surface area contributed by atoms with Gasteiger partial charge in [0.1, 0.15) is 0 Å². The van der Waals surface area contributed by atoms with Crippen LogP contribution in [0.5, 0.6) is 0 Å². The number of anilines is 1. The summed E-state index contributed by atoms with van der Waals surface area (Å²) in [7, 11) is -0.799. The zero-order chi connectivity index (χ0) is 12.1. The summed E-state index contributed by atoms with van der Waals surface area (Å²) in [5.74, 6) is 1.35. The summed E-state index contributed by atoms with van der Waals surface area (Å²) in [6, 6.07) is 7.77. The summed E-state index contributed by atoms with van der Waals surface area (Å²) in [5, 5.41) is 0. The van der Waals surface area contributed by atoms with Crippen LogP contribution in [0.1, 0.15) is 18.4 Å². The highest BCUT2D eigenvalue weighted by molar-refractivity contribution is 7.85. The van der Waals surface area contributed by atoms with E-state index in [0.29, 0.717) is 11.5 Å².